The van der Waals surface area contributed by atoms with Crippen LogP contribution in [0.4, 0.5) is 8.78 Å². The molecule has 25 heavy (non-hydrogen) atoms. The molecule has 4 rings (SSSR count). The molecular weight excluding hydrogens is 328 g/mol. The lowest BCUT2D eigenvalue weighted by Gasteiger charge is -2.39. The van der Waals surface area contributed by atoms with Crippen molar-refractivity contribution in [2.75, 3.05) is 19.7 Å². The highest BCUT2D eigenvalue weighted by atomic mass is 19.2. The zero-order chi connectivity index (χ0) is 17.4. The van der Waals surface area contributed by atoms with Gasteiger partial charge >= 0.3 is 0 Å². The van der Waals surface area contributed by atoms with Gasteiger partial charge in [-0.2, -0.15) is 5.10 Å². The summed E-state index contributed by atoms with van der Waals surface area (Å²) in [7, 11) is 0. The Balaban J connectivity index is 1.36. The van der Waals surface area contributed by atoms with E-state index >= 15 is 0 Å². The third-order valence-electron chi connectivity index (χ3n) is 4.90. The standard InChI is InChI=1S/C18H19F2N3O2/c19-14-4-3-11(7-15(14)20)6-12-9-23(10-12)18(24)13-8-21-22-17(13)16-2-1-5-25-16/h3-4,7-8,12,16H,1-2,5-6,9-10H2,(H,21,22). The van der Waals surface area contributed by atoms with E-state index in [1.54, 1.807) is 17.2 Å². The summed E-state index contributed by atoms with van der Waals surface area (Å²) in [5, 5.41) is 6.90. The molecular formula is C18H19F2N3O2. The van der Waals surface area contributed by atoms with Gasteiger partial charge in [0.25, 0.3) is 5.91 Å². The molecule has 0 aliphatic carbocycles. The maximum Gasteiger partial charge on any atom is 0.257 e. The molecule has 1 amide bonds. The number of aromatic nitrogens is 2. The molecule has 1 aromatic carbocycles. The first-order valence-electron chi connectivity index (χ1n) is 8.50. The van der Waals surface area contributed by atoms with Crippen LogP contribution in [-0.2, 0) is 11.2 Å². The zero-order valence-corrected chi connectivity index (χ0v) is 13.7. The maximum absolute atomic E-state index is 13.3. The third-order valence-corrected chi connectivity index (χ3v) is 4.90. The van der Waals surface area contributed by atoms with Crippen molar-refractivity contribution in [3.63, 3.8) is 0 Å². The lowest BCUT2D eigenvalue weighted by atomic mass is 9.91. The number of likely N-dealkylation sites (tertiary alicyclic amines) is 1. The molecule has 0 spiro atoms. The number of ether oxygens (including phenoxy) is 1. The van der Waals surface area contributed by atoms with E-state index in [1.807, 2.05) is 0 Å². The number of amides is 1. The van der Waals surface area contributed by atoms with Crippen molar-refractivity contribution in [1.82, 2.24) is 15.1 Å². The number of hydrogen-bond donors (Lipinski definition) is 1. The fourth-order valence-corrected chi connectivity index (χ4v) is 3.55. The molecule has 0 saturated carbocycles. The normalized spacial score (nSPS) is 20.7. The van der Waals surface area contributed by atoms with Crippen LogP contribution in [0.25, 0.3) is 0 Å². The first kappa shape index (κ1) is 16.2. The van der Waals surface area contributed by atoms with E-state index in [-0.39, 0.29) is 17.9 Å². The number of hydrogen-bond acceptors (Lipinski definition) is 3. The van der Waals surface area contributed by atoms with Crippen LogP contribution in [0.3, 0.4) is 0 Å². The molecule has 2 saturated heterocycles. The molecule has 1 atom stereocenters. The van der Waals surface area contributed by atoms with Gasteiger partial charge in [0, 0.05) is 19.7 Å². The van der Waals surface area contributed by atoms with Gasteiger partial charge < -0.3 is 9.64 Å². The van der Waals surface area contributed by atoms with E-state index < -0.39 is 11.6 Å². The minimum atomic E-state index is -0.837. The average Bonchev–Trinajstić information content (AvgIpc) is 3.23. The van der Waals surface area contributed by atoms with Gasteiger partial charge in [0.1, 0.15) is 0 Å². The van der Waals surface area contributed by atoms with Gasteiger partial charge in [-0.3, -0.25) is 9.89 Å². The Hall–Kier alpha value is -2.28. The van der Waals surface area contributed by atoms with Crippen LogP contribution < -0.4 is 0 Å². The Bertz CT molecular complexity index is 780. The minimum Gasteiger partial charge on any atom is -0.372 e. The highest BCUT2D eigenvalue weighted by molar-refractivity contribution is 5.95. The molecule has 2 aromatic rings. The predicted molar refractivity (Wildman–Crippen MR) is 86.0 cm³/mol. The highest BCUT2D eigenvalue weighted by Crippen LogP contribution is 2.31. The summed E-state index contributed by atoms with van der Waals surface area (Å²) in [6, 6.07) is 3.96. The Morgan fingerprint density at radius 2 is 2.16 bits per heavy atom. The van der Waals surface area contributed by atoms with Gasteiger partial charge in [0.15, 0.2) is 11.6 Å². The fraction of sp³-hybridized carbons (Fsp3) is 0.444. The largest absolute Gasteiger partial charge is 0.372 e. The molecule has 2 aliphatic rings. The first-order chi connectivity index (χ1) is 12.1. The van der Waals surface area contributed by atoms with Crippen LogP contribution in [0.2, 0.25) is 0 Å². The topological polar surface area (TPSA) is 58.2 Å². The maximum atomic E-state index is 13.3. The summed E-state index contributed by atoms with van der Waals surface area (Å²) in [6.45, 7) is 1.92. The van der Waals surface area contributed by atoms with Crippen LogP contribution in [0.1, 0.15) is 40.6 Å². The van der Waals surface area contributed by atoms with E-state index in [0.717, 1.165) is 30.2 Å². The molecule has 132 valence electrons. The van der Waals surface area contributed by atoms with Crippen LogP contribution in [-0.4, -0.2) is 40.7 Å². The Morgan fingerprint density at radius 3 is 2.88 bits per heavy atom. The second kappa shape index (κ2) is 6.55. The first-order valence-corrected chi connectivity index (χ1v) is 8.50. The second-order valence-electron chi connectivity index (χ2n) is 6.73. The summed E-state index contributed by atoms with van der Waals surface area (Å²) in [5.41, 5.74) is 2.07. The van der Waals surface area contributed by atoms with Crippen molar-refractivity contribution in [3.05, 3.63) is 52.9 Å². The van der Waals surface area contributed by atoms with Crippen molar-refractivity contribution < 1.29 is 18.3 Å². The van der Waals surface area contributed by atoms with Gasteiger partial charge in [-0.15, -0.1) is 0 Å². The van der Waals surface area contributed by atoms with Gasteiger partial charge in [0.05, 0.1) is 23.6 Å². The lowest BCUT2D eigenvalue weighted by Crippen LogP contribution is -2.50. The minimum absolute atomic E-state index is 0.0548. The molecule has 3 heterocycles. The number of carbonyl (C=O) groups excluding carboxylic acids is 1. The summed E-state index contributed by atoms with van der Waals surface area (Å²) < 4.78 is 31.9. The van der Waals surface area contributed by atoms with E-state index in [9.17, 15) is 13.6 Å². The summed E-state index contributed by atoms with van der Waals surface area (Å²) in [4.78, 5) is 14.4. The number of carbonyl (C=O) groups is 1. The molecule has 0 bridgehead atoms. The van der Waals surface area contributed by atoms with Crippen LogP contribution in [0, 0.1) is 17.6 Å². The van der Waals surface area contributed by atoms with Crippen LogP contribution >= 0.6 is 0 Å². The molecule has 5 nitrogen and oxygen atoms in total. The van der Waals surface area contributed by atoms with Crippen molar-refractivity contribution in [2.24, 2.45) is 5.92 Å². The number of nitrogens with one attached hydrogen (secondary N) is 1. The molecule has 2 aliphatic heterocycles. The number of benzene rings is 1. The quantitative estimate of drug-likeness (QED) is 0.925. The Labute approximate surface area is 144 Å². The molecule has 7 heteroatoms. The smallest absolute Gasteiger partial charge is 0.257 e. The lowest BCUT2D eigenvalue weighted by molar-refractivity contribution is 0.0490. The predicted octanol–water partition coefficient (Wildman–Crippen LogP) is 2.85. The van der Waals surface area contributed by atoms with E-state index in [1.165, 1.54) is 6.07 Å². The Kier molecular flexibility index (Phi) is 4.25. The van der Waals surface area contributed by atoms with Crippen LogP contribution in [0.5, 0.6) is 0 Å². The fourth-order valence-electron chi connectivity index (χ4n) is 3.55. The summed E-state index contributed by atoms with van der Waals surface area (Å²) >= 11 is 0. The van der Waals surface area contributed by atoms with Crippen molar-refractivity contribution in [1.29, 1.82) is 0 Å². The van der Waals surface area contributed by atoms with Crippen LogP contribution in [0.15, 0.2) is 24.4 Å². The average molecular weight is 347 g/mol. The van der Waals surface area contributed by atoms with E-state index in [2.05, 4.69) is 10.2 Å². The number of aromatic amines is 1. The highest BCUT2D eigenvalue weighted by Gasteiger charge is 2.34. The molecule has 1 unspecified atom stereocenters. The van der Waals surface area contributed by atoms with E-state index in [4.69, 9.17) is 4.74 Å². The molecule has 2 fully saturated rings. The monoisotopic (exact) mass is 347 g/mol. The second-order valence-corrected chi connectivity index (χ2v) is 6.73. The van der Waals surface area contributed by atoms with Gasteiger partial charge in [-0.1, -0.05) is 6.07 Å². The van der Waals surface area contributed by atoms with Gasteiger partial charge in [-0.05, 0) is 42.9 Å². The number of halogens is 2. The van der Waals surface area contributed by atoms with Gasteiger partial charge in [-0.25, -0.2) is 8.78 Å². The number of nitrogens with zero attached hydrogens (tertiary/aromatic N) is 2. The number of H-pyrrole nitrogens is 1. The van der Waals surface area contributed by atoms with Crippen molar-refractivity contribution >= 4 is 5.91 Å². The zero-order valence-electron chi connectivity index (χ0n) is 13.7. The number of rotatable bonds is 4. The van der Waals surface area contributed by atoms with E-state index in [0.29, 0.717) is 31.7 Å². The Morgan fingerprint density at radius 1 is 1.32 bits per heavy atom. The summed E-state index contributed by atoms with van der Waals surface area (Å²) in [6.07, 6.45) is 3.98. The van der Waals surface area contributed by atoms with Crippen molar-refractivity contribution in [2.45, 2.75) is 25.4 Å². The molecule has 0 radical (unpaired) electrons. The third kappa shape index (κ3) is 3.16. The molecule has 1 aromatic heterocycles. The molecule has 1 N–H and O–H groups in total. The van der Waals surface area contributed by atoms with Crippen molar-refractivity contribution in [3.8, 4) is 0 Å². The SMILES string of the molecule is O=C(c1cn[nH]c1C1CCCO1)N1CC(Cc2ccc(F)c(F)c2)C1. The summed E-state index contributed by atoms with van der Waals surface area (Å²) in [5.74, 6) is -1.46. The van der Waals surface area contributed by atoms with Gasteiger partial charge in [0.2, 0.25) is 0 Å².